The molecule has 0 radical (unpaired) electrons. The van der Waals surface area contributed by atoms with Gasteiger partial charge < -0.3 is 24.7 Å². The van der Waals surface area contributed by atoms with Gasteiger partial charge in [-0.1, -0.05) is 5.16 Å². The molecule has 1 N–H and O–H groups in total. The van der Waals surface area contributed by atoms with Gasteiger partial charge in [0.1, 0.15) is 11.0 Å². The number of hydrogen-bond acceptors (Lipinski definition) is 9. The van der Waals surface area contributed by atoms with Crippen LogP contribution in [-0.2, 0) is 11.3 Å². The third-order valence-corrected chi connectivity index (χ3v) is 5.21. The molecule has 1 aliphatic heterocycles. The van der Waals surface area contributed by atoms with Crippen LogP contribution in [0.4, 0.5) is 5.82 Å². The molecule has 13 heteroatoms. The van der Waals surface area contributed by atoms with Crippen molar-refractivity contribution in [2.75, 3.05) is 39.4 Å². The van der Waals surface area contributed by atoms with Gasteiger partial charge in [-0.2, -0.15) is 9.67 Å². The van der Waals surface area contributed by atoms with Gasteiger partial charge >= 0.3 is 17.6 Å². The average Bonchev–Trinajstić information content (AvgIpc) is 3.26. The highest BCUT2D eigenvalue weighted by Crippen LogP contribution is 2.27. The number of aromatic nitrogens is 4. The molecule has 1 aliphatic rings. The minimum Gasteiger partial charge on any atom is -0.379 e. The first-order chi connectivity index (χ1) is 13.5. The summed E-state index contributed by atoms with van der Waals surface area (Å²) in [6, 6.07) is 0. The third-order valence-electron chi connectivity index (χ3n) is 4.28. The molecule has 3 rings (SSSR count). The Bertz CT molecular complexity index is 846. The fourth-order valence-corrected chi connectivity index (χ4v) is 3.16. The van der Waals surface area contributed by atoms with Crippen LogP contribution in [0.2, 0.25) is 0 Å². The lowest BCUT2D eigenvalue weighted by atomic mass is 10.3. The van der Waals surface area contributed by atoms with Crippen LogP contribution in [0.15, 0.2) is 9.00 Å². The predicted molar refractivity (Wildman–Crippen MR) is 98.9 cm³/mol. The number of rotatable bonds is 8. The van der Waals surface area contributed by atoms with Crippen molar-refractivity contribution in [3.05, 3.63) is 32.0 Å². The number of morpholine rings is 1. The molecular formula is C15H20BrN7O5. The Hall–Kier alpha value is -2.38. The summed E-state index contributed by atoms with van der Waals surface area (Å²) in [7, 11) is 0. The lowest BCUT2D eigenvalue weighted by Crippen LogP contribution is -2.38. The molecule has 12 nitrogen and oxygen atoms in total. The molecule has 0 saturated carbocycles. The van der Waals surface area contributed by atoms with Gasteiger partial charge in [0.15, 0.2) is 5.82 Å². The van der Waals surface area contributed by atoms with E-state index in [1.807, 2.05) is 0 Å². The molecular weight excluding hydrogens is 438 g/mol. The van der Waals surface area contributed by atoms with E-state index in [9.17, 15) is 14.9 Å². The minimum absolute atomic E-state index is 0.0477. The first-order valence-corrected chi connectivity index (χ1v) is 9.53. The summed E-state index contributed by atoms with van der Waals surface area (Å²) in [6.07, 6.45) is 0.802. The van der Waals surface area contributed by atoms with Crippen LogP contribution in [0.5, 0.6) is 0 Å². The number of amides is 1. The van der Waals surface area contributed by atoms with Crippen LogP contribution in [0.1, 0.15) is 28.6 Å². The van der Waals surface area contributed by atoms with Gasteiger partial charge in [0.05, 0.1) is 24.0 Å². The van der Waals surface area contributed by atoms with E-state index < -0.39 is 10.8 Å². The Morgan fingerprint density at radius 1 is 1.39 bits per heavy atom. The summed E-state index contributed by atoms with van der Waals surface area (Å²) < 4.78 is 11.9. The second-order valence-electron chi connectivity index (χ2n) is 6.22. The summed E-state index contributed by atoms with van der Waals surface area (Å²) in [5.41, 5.74) is 0.547. The predicted octanol–water partition coefficient (Wildman–Crippen LogP) is 0.746. The Morgan fingerprint density at radius 2 is 2.14 bits per heavy atom. The van der Waals surface area contributed by atoms with E-state index in [-0.39, 0.29) is 24.1 Å². The van der Waals surface area contributed by atoms with Crippen molar-refractivity contribution in [3.8, 4) is 0 Å². The number of nitrogens with one attached hydrogen (secondary N) is 1. The number of carbonyl (C=O) groups is 1. The average molecular weight is 458 g/mol. The van der Waals surface area contributed by atoms with E-state index in [0.717, 1.165) is 39.3 Å². The smallest absolute Gasteiger partial charge is 0.379 e. The molecule has 2 aromatic heterocycles. The lowest BCUT2D eigenvalue weighted by Gasteiger charge is -2.26. The monoisotopic (exact) mass is 457 g/mol. The molecule has 0 aliphatic carbocycles. The quantitative estimate of drug-likeness (QED) is 0.344. The van der Waals surface area contributed by atoms with Crippen molar-refractivity contribution in [1.82, 2.24) is 30.1 Å². The fraction of sp³-hybridized carbons (Fsp3) is 0.600. The zero-order valence-corrected chi connectivity index (χ0v) is 16.8. The first-order valence-electron chi connectivity index (χ1n) is 8.74. The summed E-state index contributed by atoms with van der Waals surface area (Å²) >= 11 is 3.14. The second-order valence-corrected chi connectivity index (χ2v) is 7.01. The maximum absolute atomic E-state index is 12.1. The highest BCUT2D eigenvalue weighted by molar-refractivity contribution is 9.10. The number of nitrogens with zero attached hydrogens (tertiary/aromatic N) is 6. The van der Waals surface area contributed by atoms with Crippen LogP contribution in [-0.4, -0.2) is 75.0 Å². The molecule has 0 aromatic carbocycles. The Morgan fingerprint density at radius 3 is 2.82 bits per heavy atom. The van der Waals surface area contributed by atoms with Crippen LogP contribution >= 0.6 is 15.9 Å². The van der Waals surface area contributed by atoms with E-state index in [0.29, 0.717) is 16.7 Å². The molecule has 0 bridgehead atoms. The van der Waals surface area contributed by atoms with Crippen molar-refractivity contribution in [3.63, 3.8) is 0 Å². The van der Waals surface area contributed by atoms with Crippen LogP contribution in [0.3, 0.4) is 0 Å². The standard InChI is InChI=1S/C15H20BrN7O5/c1-10-12(16)13(23(25)26)19-22(10)9-11-18-15(28-20-11)14(24)17-3-2-4-21-5-7-27-8-6-21/h2-9H2,1H3,(H,17,24). The van der Waals surface area contributed by atoms with E-state index in [4.69, 9.17) is 9.26 Å². The van der Waals surface area contributed by atoms with E-state index in [2.05, 4.69) is 41.4 Å². The SMILES string of the molecule is Cc1c(Br)c([N+](=O)[O-])nn1Cc1noc(C(=O)NCCCN2CCOCC2)n1. The van der Waals surface area contributed by atoms with E-state index >= 15 is 0 Å². The van der Waals surface area contributed by atoms with Gasteiger partial charge in [-0.25, -0.2) is 0 Å². The van der Waals surface area contributed by atoms with Gasteiger partial charge in [0, 0.05) is 19.6 Å². The van der Waals surface area contributed by atoms with E-state index in [1.165, 1.54) is 4.68 Å². The molecule has 1 saturated heterocycles. The van der Waals surface area contributed by atoms with Crippen molar-refractivity contribution in [2.24, 2.45) is 0 Å². The second kappa shape index (κ2) is 9.21. The molecule has 3 heterocycles. The number of halogens is 1. The van der Waals surface area contributed by atoms with Crippen molar-refractivity contribution >= 4 is 27.7 Å². The number of ether oxygens (including phenoxy) is 1. The zero-order valence-electron chi connectivity index (χ0n) is 15.3. The Kier molecular flexibility index (Phi) is 6.70. The highest BCUT2D eigenvalue weighted by atomic mass is 79.9. The van der Waals surface area contributed by atoms with E-state index in [1.54, 1.807) is 6.92 Å². The Labute approximate surface area is 168 Å². The van der Waals surface area contributed by atoms with Crippen molar-refractivity contribution in [2.45, 2.75) is 19.9 Å². The first kappa shape index (κ1) is 20.4. The van der Waals surface area contributed by atoms with Crippen LogP contribution in [0.25, 0.3) is 0 Å². The molecule has 1 amide bonds. The fourth-order valence-electron chi connectivity index (χ4n) is 2.73. The summed E-state index contributed by atoms with van der Waals surface area (Å²) in [6.45, 7) is 6.39. The van der Waals surface area contributed by atoms with Crippen LogP contribution in [0, 0.1) is 17.0 Å². The van der Waals surface area contributed by atoms with Gasteiger partial charge in [-0.15, -0.1) is 0 Å². The zero-order chi connectivity index (χ0) is 20.1. The molecule has 0 spiro atoms. The molecule has 152 valence electrons. The third kappa shape index (κ3) is 4.91. The topological polar surface area (TPSA) is 141 Å². The number of hydrogen-bond donors (Lipinski definition) is 1. The summed E-state index contributed by atoms with van der Waals surface area (Å²) in [5, 5.41) is 21.3. The Balaban J connectivity index is 1.50. The molecule has 2 aromatic rings. The summed E-state index contributed by atoms with van der Waals surface area (Å²) in [5.74, 6) is -0.699. The maximum atomic E-state index is 12.1. The van der Waals surface area contributed by atoms with Gasteiger partial charge in [-0.3, -0.25) is 9.69 Å². The highest BCUT2D eigenvalue weighted by Gasteiger charge is 2.25. The molecule has 1 fully saturated rings. The van der Waals surface area contributed by atoms with Crippen LogP contribution < -0.4 is 5.32 Å². The molecule has 0 atom stereocenters. The number of carbonyl (C=O) groups excluding carboxylic acids is 1. The normalized spacial score (nSPS) is 14.9. The van der Waals surface area contributed by atoms with Gasteiger partial charge in [-0.05, 0) is 40.7 Å². The summed E-state index contributed by atoms with van der Waals surface area (Å²) in [4.78, 5) is 28.8. The van der Waals surface area contributed by atoms with Gasteiger partial charge in [0.2, 0.25) is 0 Å². The minimum atomic E-state index is -0.584. The largest absolute Gasteiger partial charge is 0.404 e. The van der Waals surface area contributed by atoms with Crippen molar-refractivity contribution < 1.29 is 19.0 Å². The maximum Gasteiger partial charge on any atom is 0.404 e. The van der Waals surface area contributed by atoms with Gasteiger partial charge in [0.25, 0.3) is 0 Å². The lowest BCUT2D eigenvalue weighted by molar-refractivity contribution is -0.390. The molecule has 0 unspecified atom stereocenters. The van der Waals surface area contributed by atoms with Crippen molar-refractivity contribution in [1.29, 1.82) is 0 Å². The molecule has 28 heavy (non-hydrogen) atoms. The number of nitro groups is 1.